The van der Waals surface area contributed by atoms with Gasteiger partial charge < -0.3 is 4.74 Å². The number of hydrazone groups is 1. The number of aryl methyl sites for hydroxylation is 1. The second kappa shape index (κ2) is 7.53. The van der Waals surface area contributed by atoms with Crippen LogP contribution in [0.1, 0.15) is 16.7 Å². The lowest BCUT2D eigenvalue weighted by Gasteiger charge is -2.10. The molecule has 0 atom stereocenters. The molecule has 0 bridgehead atoms. The van der Waals surface area contributed by atoms with Crippen molar-refractivity contribution in [2.75, 3.05) is 12.1 Å². The highest BCUT2D eigenvalue weighted by molar-refractivity contribution is 6.37. The molecular weight excluding hydrogens is 348 g/mol. The van der Waals surface area contributed by atoms with Crippen LogP contribution in [0.2, 0.25) is 0 Å². The molecule has 1 heterocycles. The maximum atomic E-state index is 13.2. The molecule has 1 aliphatic rings. The van der Waals surface area contributed by atoms with Gasteiger partial charge in [-0.25, -0.2) is 0 Å². The van der Waals surface area contributed by atoms with E-state index in [1.807, 2.05) is 91.9 Å². The molecule has 3 aromatic carbocycles. The molecule has 4 heteroatoms. The third-order valence-electron chi connectivity index (χ3n) is 4.63. The molecule has 3 aromatic rings. The molecule has 0 saturated heterocycles. The summed E-state index contributed by atoms with van der Waals surface area (Å²) in [5.41, 5.74) is 4.96. The predicted molar refractivity (Wildman–Crippen MR) is 113 cm³/mol. The molecule has 0 N–H and O–H groups in total. The number of methoxy groups -OCH3 is 1. The lowest BCUT2D eigenvalue weighted by Crippen LogP contribution is -2.21. The van der Waals surface area contributed by atoms with Gasteiger partial charge in [-0.1, -0.05) is 48.0 Å². The number of ether oxygens (including phenoxy) is 1. The van der Waals surface area contributed by atoms with Gasteiger partial charge in [-0.05, 0) is 55.0 Å². The minimum atomic E-state index is -0.141. The molecule has 0 fully saturated rings. The SMILES string of the molecule is COc1ccc(C2=NN(c3ccccc3)C(=O)/C2=C\c2ccc(C)cc2)cc1. The van der Waals surface area contributed by atoms with Crippen molar-refractivity contribution in [2.24, 2.45) is 5.10 Å². The van der Waals surface area contributed by atoms with Crippen LogP contribution in [0.15, 0.2) is 89.5 Å². The fraction of sp³-hybridized carbons (Fsp3) is 0.0833. The van der Waals surface area contributed by atoms with E-state index < -0.39 is 0 Å². The number of benzene rings is 3. The summed E-state index contributed by atoms with van der Waals surface area (Å²) in [5.74, 6) is 0.621. The summed E-state index contributed by atoms with van der Waals surface area (Å²) in [6.07, 6.45) is 1.90. The summed E-state index contributed by atoms with van der Waals surface area (Å²) in [4.78, 5) is 13.2. The molecule has 28 heavy (non-hydrogen) atoms. The number of carbonyl (C=O) groups is 1. The van der Waals surface area contributed by atoms with Crippen LogP contribution in [0.3, 0.4) is 0 Å². The largest absolute Gasteiger partial charge is 0.497 e. The maximum Gasteiger partial charge on any atom is 0.281 e. The number of carbonyl (C=O) groups excluding carboxylic acids is 1. The summed E-state index contributed by atoms with van der Waals surface area (Å²) in [6, 6.07) is 25.1. The topological polar surface area (TPSA) is 41.9 Å². The van der Waals surface area contributed by atoms with Crippen LogP contribution in [0, 0.1) is 6.92 Å². The average Bonchev–Trinajstić information content (AvgIpc) is 3.06. The van der Waals surface area contributed by atoms with Gasteiger partial charge in [-0.2, -0.15) is 10.1 Å². The molecule has 0 spiro atoms. The number of hydrogen-bond donors (Lipinski definition) is 0. The minimum Gasteiger partial charge on any atom is -0.497 e. The van der Waals surface area contributed by atoms with Gasteiger partial charge in [0.05, 0.1) is 18.4 Å². The number of para-hydroxylation sites is 1. The quantitative estimate of drug-likeness (QED) is 0.619. The normalized spacial score (nSPS) is 15.1. The van der Waals surface area contributed by atoms with Crippen molar-refractivity contribution in [2.45, 2.75) is 6.92 Å². The van der Waals surface area contributed by atoms with E-state index in [2.05, 4.69) is 5.10 Å². The summed E-state index contributed by atoms with van der Waals surface area (Å²) in [5, 5.41) is 6.11. The van der Waals surface area contributed by atoms with Gasteiger partial charge in [-0.3, -0.25) is 4.79 Å². The molecule has 138 valence electrons. The third kappa shape index (κ3) is 3.45. The molecule has 0 unspecified atom stereocenters. The lowest BCUT2D eigenvalue weighted by atomic mass is 10.00. The van der Waals surface area contributed by atoms with Crippen LogP contribution in [0.5, 0.6) is 5.75 Å². The first kappa shape index (κ1) is 17.7. The summed E-state index contributed by atoms with van der Waals surface area (Å²) in [7, 11) is 1.63. The number of amides is 1. The van der Waals surface area contributed by atoms with E-state index >= 15 is 0 Å². The Kier molecular flexibility index (Phi) is 4.77. The van der Waals surface area contributed by atoms with Gasteiger partial charge in [-0.15, -0.1) is 0 Å². The first-order chi connectivity index (χ1) is 13.7. The fourth-order valence-corrected chi connectivity index (χ4v) is 3.08. The van der Waals surface area contributed by atoms with E-state index in [1.54, 1.807) is 7.11 Å². The van der Waals surface area contributed by atoms with E-state index in [0.29, 0.717) is 11.3 Å². The zero-order valence-corrected chi connectivity index (χ0v) is 15.8. The summed E-state index contributed by atoms with van der Waals surface area (Å²) >= 11 is 0. The molecular formula is C24H20N2O2. The Hall–Kier alpha value is -3.66. The zero-order chi connectivity index (χ0) is 19.5. The summed E-state index contributed by atoms with van der Waals surface area (Å²) in [6.45, 7) is 2.04. The monoisotopic (exact) mass is 368 g/mol. The molecule has 0 aromatic heterocycles. The lowest BCUT2D eigenvalue weighted by molar-refractivity contribution is -0.114. The third-order valence-corrected chi connectivity index (χ3v) is 4.63. The van der Waals surface area contributed by atoms with Crippen molar-refractivity contribution in [3.8, 4) is 5.75 Å². The van der Waals surface area contributed by atoms with Crippen LogP contribution in [-0.4, -0.2) is 18.7 Å². The first-order valence-corrected chi connectivity index (χ1v) is 9.07. The van der Waals surface area contributed by atoms with Crippen LogP contribution >= 0.6 is 0 Å². The first-order valence-electron chi connectivity index (χ1n) is 9.07. The summed E-state index contributed by atoms with van der Waals surface area (Å²) < 4.78 is 5.25. The van der Waals surface area contributed by atoms with Crippen LogP contribution < -0.4 is 9.75 Å². The van der Waals surface area contributed by atoms with E-state index in [-0.39, 0.29) is 5.91 Å². The molecule has 1 aliphatic heterocycles. The van der Waals surface area contributed by atoms with Crippen molar-refractivity contribution >= 4 is 23.4 Å². The van der Waals surface area contributed by atoms with Gasteiger partial charge >= 0.3 is 0 Å². The second-order valence-electron chi connectivity index (χ2n) is 6.60. The Balaban J connectivity index is 1.80. The van der Waals surface area contributed by atoms with Gasteiger partial charge in [0.15, 0.2) is 0 Å². The highest BCUT2D eigenvalue weighted by Crippen LogP contribution is 2.28. The molecule has 4 rings (SSSR count). The van der Waals surface area contributed by atoms with Crippen molar-refractivity contribution in [1.82, 2.24) is 0 Å². The van der Waals surface area contributed by atoms with E-state index in [9.17, 15) is 4.79 Å². The molecule has 4 nitrogen and oxygen atoms in total. The molecule has 0 aliphatic carbocycles. The van der Waals surface area contributed by atoms with E-state index in [0.717, 1.165) is 22.6 Å². The molecule has 0 saturated carbocycles. The molecule has 0 radical (unpaired) electrons. The Bertz CT molecular complexity index is 1050. The standard InChI is InChI=1S/C24H20N2O2/c1-17-8-10-18(11-9-17)16-22-23(19-12-14-21(28-2)15-13-19)25-26(24(22)27)20-6-4-3-5-7-20/h3-16H,1-2H3/b22-16-. The van der Waals surface area contributed by atoms with Crippen molar-refractivity contribution in [3.05, 3.63) is 101 Å². The van der Waals surface area contributed by atoms with Crippen molar-refractivity contribution in [1.29, 1.82) is 0 Å². The Morgan fingerprint density at radius 3 is 2.21 bits per heavy atom. The van der Waals surface area contributed by atoms with Crippen LogP contribution in [-0.2, 0) is 4.79 Å². The van der Waals surface area contributed by atoms with Gasteiger partial charge in [0.1, 0.15) is 11.5 Å². The fourth-order valence-electron chi connectivity index (χ4n) is 3.08. The predicted octanol–water partition coefficient (Wildman–Crippen LogP) is 4.84. The minimum absolute atomic E-state index is 0.141. The smallest absolute Gasteiger partial charge is 0.281 e. The maximum absolute atomic E-state index is 13.2. The van der Waals surface area contributed by atoms with Gasteiger partial charge in [0.25, 0.3) is 5.91 Å². The van der Waals surface area contributed by atoms with E-state index in [1.165, 1.54) is 10.6 Å². The Morgan fingerprint density at radius 1 is 0.893 bits per heavy atom. The Labute approximate surface area is 164 Å². The Morgan fingerprint density at radius 2 is 1.57 bits per heavy atom. The molecule has 1 amide bonds. The van der Waals surface area contributed by atoms with Crippen molar-refractivity contribution in [3.63, 3.8) is 0 Å². The highest BCUT2D eigenvalue weighted by Gasteiger charge is 2.31. The number of hydrogen-bond acceptors (Lipinski definition) is 3. The van der Waals surface area contributed by atoms with Gasteiger partial charge in [0.2, 0.25) is 0 Å². The highest BCUT2D eigenvalue weighted by atomic mass is 16.5. The second-order valence-corrected chi connectivity index (χ2v) is 6.60. The van der Waals surface area contributed by atoms with E-state index in [4.69, 9.17) is 4.74 Å². The number of anilines is 1. The number of rotatable bonds is 4. The van der Waals surface area contributed by atoms with Crippen LogP contribution in [0.25, 0.3) is 6.08 Å². The average molecular weight is 368 g/mol. The van der Waals surface area contributed by atoms with Gasteiger partial charge in [0, 0.05) is 5.56 Å². The van der Waals surface area contributed by atoms with Crippen LogP contribution in [0.4, 0.5) is 5.69 Å². The number of nitrogens with zero attached hydrogens (tertiary/aromatic N) is 2. The van der Waals surface area contributed by atoms with Crippen molar-refractivity contribution < 1.29 is 9.53 Å². The zero-order valence-electron chi connectivity index (χ0n) is 15.8.